The number of aliphatic carboxylic acids is 1. The van der Waals surface area contributed by atoms with Gasteiger partial charge >= 0.3 is 12.0 Å². The van der Waals surface area contributed by atoms with Crippen molar-refractivity contribution in [3.63, 3.8) is 0 Å². The molecule has 0 aliphatic heterocycles. The van der Waals surface area contributed by atoms with Gasteiger partial charge < -0.3 is 15.7 Å². The molecule has 0 aromatic heterocycles. The van der Waals surface area contributed by atoms with Crippen molar-refractivity contribution in [1.29, 1.82) is 0 Å². The zero-order valence-corrected chi connectivity index (χ0v) is 10.7. The summed E-state index contributed by atoms with van der Waals surface area (Å²) in [5.41, 5.74) is 1.87. The van der Waals surface area contributed by atoms with Gasteiger partial charge in [-0.05, 0) is 29.8 Å². The number of hydrogen-bond acceptors (Lipinski definition) is 2. The lowest BCUT2D eigenvalue weighted by atomic mass is 10.1. The Kier molecular flexibility index (Phi) is 4.34. The van der Waals surface area contributed by atoms with E-state index >= 15 is 0 Å². The highest BCUT2D eigenvalue weighted by atomic mass is 16.4. The van der Waals surface area contributed by atoms with Gasteiger partial charge in [0.1, 0.15) is 0 Å². The zero-order chi connectivity index (χ0) is 14.4. The molecule has 2 amide bonds. The van der Waals surface area contributed by atoms with Gasteiger partial charge in [0.15, 0.2) is 0 Å². The number of anilines is 2. The van der Waals surface area contributed by atoms with Gasteiger partial charge in [0.25, 0.3) is 0 Å². The summed E-state index contributed by atoms with van der Waals surface area (Å²) >= 11 is 0. The lowest BCUT2D eigenvalue weighted by Gasteiger charge is -2.08. The van der Waals surface area contributed by atoms with Crippen molar-refractivity contribution in [2.75, 3.05) is 10.6 Å². The maximum Gasteiger partial charge on any atom is 0.323 e. The second kappa shape index (κ2) is 6.38. The largest absolute Gasteiger partial charge is 0.481 e. The standard InChI is InChI=1S/C15H14N2O3/c18-14(19)10-11-5-4-8-13(9-11)17-15(20)16-12-6-2-1-3-7-12/h1-9H,10H2,(H,18,19)(H2,16,17,20). The van der Waals surface area contributed by atoms with E-state index in [9.17, 15) is 9.59 Å². The van der Waals surface area contributed by atoms with Crippen molar-refractivity contribution in [3.05, 3.63) is 60.2 Å². The van der Waals surface area contributed by atoms with E-state index in [-0.39, 0.29) is 12.5 Å². The fourth-order valence-corrected chi connectivity index (χ4v) is 1.75. The Morgan fingerprint density at radius 2 is 1.55 bits per heavy atom. The van der Waals surface area contributed by atoms with E-state index in [1.54, 1.807) is 36.4 Å². The number of hydrogen-bond donors (Lipinski definition) is 3. The van der Waals surface area contributed by atoms with Crippen LogP contribution in [0.1, 0.15) is 5.56 Å². The van der Waals surface area contributed by atoms with E-state index in [1.807, 2.05) is 18.2 Å². The molecule has 2 rings (SSSR count). The minimum Gasteiger partial charge on any atom is -0.481 e. The topological polar surface area (TPSA) is 78.4 Å². The number of urea groups is 1. The molecule has 0 aliphatic carbocycles. The third kappa shape index (κ3) is 4.13. The zero-order valence-electron chi connectivity index (χ0n) is 10.7. The van der Waals surface area contributed by atoms with Crippen molar-refractivity contribution in [2.24, 2.45) is 0 Å². The number of carbonyl (C=O) groups is 2. The minimum atomic E-state index is -0.907. The summed E-state index contributed by atoms with van der Waals surface area (Å²) in [7, 11) is 0. The van der Waals surface area contributed by atoms with Crippen LogP contribution >= 0.6 is 0 Å². The Labute approximate surface area is 116 Å². The lowest BCUT2D eigenvalue weighted by molar-refractivity contribution is -0.136. The molecular weight excluding hydrogens is 256 g/mol. The second-order valence-electron chi connectivity index (χ2n) is 4.22. The molecule has 102 valence electrons. The smallest absolute Gasteiger partial charge is 0.323 e. The van der Waals surface area contributed by atoms with Crippen LogP contribution in [-0.2, 0) is 11.2 Å². The number of rotatable bonds is 4. The van der Waals surface area contributed by atoms with Crippen molar-refractivity contribution in [2.45, 2.75) is 6.42 Å². The summed E-state index contributed by atoms with van der Waals surface area (Å²) in [4.78, 5) is 22.4. The van der Waals surface area contributed by atoms with Gasteiger partial charge in [0.2, 0.25) is 0 Å². The molecule has 0 radical (unpaired) electrons. The first-order valence-corrected chi connectivity index (χ1v) is 6.07. The highest BCUT2D eigenvalue weighted by Crippen LogP contribution is 2.12. The van der Waals surface area contributed by atoms with E-state index < -0.39 is 5.97 Å². The molecule has 0 fully saturated rings. The fraction of sp³-hybridized carbons (Fsp3) is 0.0667. The first-order valence-electron chi connectivity index (χ1n) is 6.07. The molecule has 0 spiro atoms. The van der Waals surface area contributed by atoms with Crippen molar-refractivity contribution >= 4 is 23.4 Å². The van der Waals surface area contributed by atoms with Crippen LogP contribution in [0.25, 0.3) is 0 Å². The van der Waals surface area contributed by atoms with E-state index in [4.69, 9.17) is 5.11 Å². The molecule has 3 N–H and O–H groups in total. The predicted molar refractivity (Wildman–Crippen MR) is 76.9 cm³/mol. The number of para-hydroxylation sites is 1. The molecule has 20 heavy (non-hydrogen) atoms. The molecule has 0 aliphatic rings. The molecule has 0 unspecified atom stereocenters. The lowest BCUT2D eigenvalue weighted by Crippen LogP contribution is -2.19. The molecule has 0 saturated heterocycles. The molecule has 0 heterocycles. The van der Waals surface area contributed by atoms with Crippen LogP contribution in [0.5, 0.6) is 0 Å². The first-order chi connectivity index (χ1) is 9.63. The maximum atomic E-state index is 11.8. The summed E-state index contributed by atoms with van der Waals surface area (Å²) < 4.78 is 0. The number of benzene rings is 2. The van der Waals surface area contributed by atoms with Gasteiger partial charge in [-0.25, -0.2) is 4.79 Å². The van der Waals surface area contributed by atoms with Gasteiger partial charge in [-0.1, -0.05) is 30.3 Å². The Bertz CT molecular complexity index is 612. The third-order valence-electron chi connectivity index (χ3n) is 2.57. The van der Waals surface area contributed by atoms with Crippen LogP contribution < -0.4 is 10.6 Å². The maximum absolute atomic E-state index is 11.8. The SMILES string of the molecule is O=C(O)Cc1cccc(NC(=O)Nc2ccccc2)c1. The second-order valence-corrected chi connectivity index (χ2v) is 4.22. The minimum absolute atomic E-state index is 0.0736. The van der Waals surface area contributed by atoms with Crippen LogP contribution in [-0.4, -0.2) is 17.1 Å². The summed E-state index contributed by atoms with van der Waals surface area (Å²) in [5.74, 6) is -0.907. The fourth-order valence-electron chi connectivity index (χ4n) is 1.75. The summed E-state index contributed by atoms with van der Waals surface area (Å²) in [6.07, 6.45) is -0.0736. The van der Waals surface area contributed by atoms with Crippen molar-refractivity contribution in [3.8, 4) is 0 Å². The van der Waals surface area contributed by atoms with Crippen LogP contribution in [0.15, 0.2) is 54.6 Å². The van der Waals surface area contributed by atoms with E-state index in [2.05, 4.69) is 10.6 Å². The van der Waals surface area contributed by atoms with Gasteiger partial charge in [0, 0.05) is 11.4 Å². The molecule has 0 bridgehead atoms. The van der Waals surface area contributed by atoms with Gasteiger partial charge in [0.05, 0.1) is 6.42 Å². The number of nitrogens with one attached hydrogen (secondary N) is 2. The molecular formula is C15H14N2O3. The molecule has 5 heteroatoms. The molecule has 0 atom stereocenters. The average molecular weight is 270 g/mol. The summed E-state index contributed by atoms with van der Waals surface area (Å²) in [5, 5.41) is 14.1. The summed E-state index contributed by atoms with van der Waals surface area (Å²) in [6.45, 7) is 0. The van der Waals surface area contributed by atoms with E-state index in [1.165, 1.54) is 0 Å². The Balaban J connectivity index is 1.99. The Morgan fingerprint density at radius 3 is 2.25 bits per heavy atom. The Morgan fingerprint density at radius 1 is 0.900 bits per heavy atom. The van der Waals surface area contributed by atoms with Crippen LogP contribution in [0.2, 0.25) is 0 Å². The number of carboxylic acid groups (broad SMARTS) is 1. The molecule has 0 saturated carbocycles. The number of amides is 2. The normalized spacial score (nSPS) is 9.80. The molecule has 2 aromatic carbocycles. The highest BCUT2D eigenvalue weighted by Gasteiger charge is 2.04. The third-order valence-corrected chi connectivity index (χ3v) is 2.57. The summed E-state index contributed by atoms with van der Waals surface area (Å²) in [6, 6.07) is 15.4. The Hall–Kier alpha value is -2.82. The van der Waals surface area contributed by atoms with Gasteiger partial charge in [-0.15, -0.1) is 0 Å². The van der Waals surface area contributed by atoms with Gasteiger partial charge in [-0.3, -0.25) is 4.79 Å². The number of carboxylic acids is 1. The quantitative estimate of drug-likeness (QED) is 0.799. The molecule has 2 aromatic rings. The predicted octanol–water partition coefficient (Wildman–Crippen LogP) is 2.96. The number of carbonyl (C=O) groups excluding carboxylic acids is 1. The van der Waals surface area contributed by atoms with Crippen molar-refractivity contribution in [1.82, 2.24) is 0 Å². The van der Waals surface area contributed by atoms with Crippen LogP contribution in [0, 0.1) is 0 Å². The van der Waals surface area contributed by atoms with E-state index in [0.29, 0.717) is 16.9 Å². The van der Waals surface area contributed by atoms with E-state index in [0.717, 1.165) is 0 Å². The highest BCUT2D eigenvalue weighted by molar-refractivity contribution is 5.99. The van der Waals surface area contributed by atoms with Gasteiger partial charge in [-0.2, -0.15) is 0 Å². The first kappa shape index (κ1) is 13.6. The average Bonchev–Trinajstić information content (AvgIpc) is 2.39. The monoisotopic (exact) mass is 270 g/mol. The molecule has 5 nitrogen and oxygen atoms in total. The van der Waals surface area contributed by atoms with Crippen LogP contribution in [0.4, 0.5) is 16.2 Å². The van der Waals surface area contributed by atoms with Crippen molar-refractivity contribution < 1.29 is 14.7 Å². The van der Waals surface area contributed by atoms with Crippen LogP contribution in [0.3, 0.4) is 0 Å².